The van der Waals surface area contributed by atoms with Crippen molar-refractivity contribution >= 4 is 0 Å². The average molecular weight is 174 g/mol. The third kappa shape index (κ3) is 6.62. The summed E-state index contributed by atoms with van der Waals surface area (Å²) in [4.78, 5) is 0. The minimum absolute atomic E-state index is 0.175. The molecule has 2 nitrogen and oxygen atoms in total. The molecule has 0 radical (unpaired) electrons. The number of methoxy groups -OCH3 is 1. The zero-order valence-corrected chi connectivity index (χ0v) is 8.55. The molecule has 0 aromatic carbocycles. The summed E-state index contributed by atoms with van der Waals surface area (Å²) in [5, 5.41) is 9.50. The molecule has 0 aliphatic rings. The minimum atomic E-state index is -0.175. The molecular formula is C10H22O2. The van der Waals surface area contributed by atoms with E-state index in [0.717, 1.165) is 12.8 Å². The number of aliphatic hydroxyl groups is 1. The number of hydrogen-bond donors (Lipinski definition) is 1. The largest absolute Gasteiger partial charge is 0.393 e. The van der Waals surface area contributed by atoms with E-state index in [9.17, 15) is 5.11 Å². The second-order valence-corrected chi connectivity index (χ2v) is 3.56. The molecule has 2 heteroatoms. The third-order valence-electron chi connectivity index (χ3n) is 2.11. The molecule has 0 bridgehead atoms. The van der Waals surface area contributed by atoms with Crippen LogP contribution in [0.1, 0.15) is 39.5 Å². The van der Waals surface area contributed by atoms with E-state index < -0.39 is 0 Å². The van der Waals surface area contributed by atoms with Crippen LogP contribution in [0.3, 0.4) is 0 Å². The minimum Gasteiger partial charge on any atom is -0.393 e. The summed E-state index contributed by atoms with van der Waals surface area (Å²) in [5.41, 5.74) is 0. The van der Waals surface area contributed by atoms with E-state index in [1.165, 1.54) is 12.8 Å². The molecule has 0 aromatic rings. The summed E-state index contributed by atoms with van der Waals surface area (Å²) in [6, 6.07) is 0. The lowest BCUT2D eigenvalue weighted by atomic mass is 9.97. The van der Waals surface area contributed by atoms with Crippen LogP contribution in [-0.2, 0) is 4.74 Å². The fourth-order valence-electron chi connectivity index (χ4n) is 1.45. The van der Waals surface area contributed by atoms with Gasteiger partial charge in [0, 0.05) is 13.7 Å². The predicted octanol–water partition coefficient (Wildman–Crippen LogP) is 2.21. The van der Waals surface area contributed by atoms with E-state index in [1.807, 2.05) is 0 Å². The van der Waals surface area contributed by atoms with Crippen molar-refractivity contribution in [2.45, 2.75) is 45.6 Å². The predicted molar refractivity (Wildman–Crippen MR) is 51.2 cm³/mol. The topological polar surface area (TPSA) is 29.5 Å². The van der Waals surface area contributed by atoms with E-state index in [1.54, 1.807) is 7.11 Å². The van der Waals surface area contributed by atoms with Crippen LogP contribution in [0.2, 0.25) is 0 Å². The van der Waals surface area contributed by atoms with Gasteiger partial charge in [-0.15, -0.1) is 0 Å². The summed E-state index contributed by atoms with van der Waals surface area (Å²) in [6.07, 6.45) is 3.93. The maximum Gasteiger partial charge on any atom is 0.0564 e. The average Bonchev–Trinajstić information content (AvgIpc) is 2.01. The second-order valence-electron chi connectivity index (χ2n) is 3.56. The van der Waals surface area contributed by atoms with Crippen molar-refractivity contribution in [2.24, 2.45) is 5.92 Å². The van der Waals surface area contributed by atoms with Crippen LogP contribution < -0.4 is 0 Å². The quantitative estimate of drug-likeness (QED) is 0.641. The smallest absolute Gasteiger partial charge is 0.0564 e. The van der Waals surface area contributed by atoms with E-state index in [2.05, 4.69) is 13.8 Å². The molecule has 0 saturated heterocycles. The first-order chi connectivity index (χ1) is 5.70. The first-order valence-electron chi connectivity index (χ1n) is 4.87. The van der Waals surface area contributed by atoms with Gasteiger partial charge >= 0.3 is 0 Å². The maximum atomic E-state index is 9.50. The van der Waals surface area contributed by atoms with Crippen molar-refractivity contribution in [1.29, 1.82) is 0 Å². The van der Waals surface area contributed by atoms with Gasteiger partial charge in [0.1, 0.15) is 0 Å². The van der Waals surface area contributed by atoms with Crippen molar-refractivity contribution in [2.75, 3.05) is 13.7 Å². The number of rotatable bonds is 7. The van der Waals surface area contributed by atoms with Gasteiger partial charge in [0.15, 0.2) is 0 Å². The van der Waals surface area contributed by atoms with E-state index in [-0.39, 0.29) is 6.10 Å². The molecule has 2 atom stereocenters. The van der Waals surface area contributed by atoms with Crippen molar-refractivity contribution in [3.63, 3.8) is 0 Å². The van der Waals surface area contributed by atoms with E-state index in [4.69, 9.17) is 4.74 Å². The SMILES string of the molecule is CCCC(C)CC(O)CCOC. The highest BCUT2D eigenvalue weighted by atomic mass is 16.5. The van der Waals surface area contributed by atoms with Gasteiger partial charge in [-0.2, -0.15) is 0 Å². The number of aliphatic hydroxyl groups excluding tert-OH is 1. The van der Waals surface area contributed by atoms with E-state index >= 15 is 0 Å². The lowest BCUT2D eigenvalue weighted by Crippen LogP contribution is -2.13. The molecule has 2 unspecified atom stereocenters. The molecule has 0 saturated carbocycles. The molecule has 0 heterocycles. The lowest BCUT2D eigenvalue weighted by molar-refractivity contribution is 0.0920. The number of hydrogen-bond acceptors (Lipinski definition) is 2. The molecule has 0 amide bonds. The maximum absolute atomic E-state index is 9.50. The Hall–Kier alpha value is -0.0800. The fraction of sp³-hybridized carbons (Fsp3) is 1.00. The Morgan fingerprint density at radius 3 is 2.50 bits per heavy atom. The monoisotopic (exact) mass is 174 g/mol. The molecular weight excluding hydrogens is 152 g/mol. The number of ether oxygens (including phenoxy) is 1. The molecule has 0 rings (SSSR count). The van der Waals surface area contributed by atoms with Crippen LogP contribution in [0.15, 0.2) is 0 Å². The Morgan fingerprint density at radius 1 is 1.33 bits per heavy atom. The van der Waals surface area contributed by atoms with Crippen LogP contribution in [-0.4, -0.2) is 24.9 Å². The Balaban J connectivity index is 3.33. The van der Waals surface area contributed by atoms with Gasteiger partial charge in [-0.1, -0.05) is 26.7 Å². The zero-order valence-electron chi connectivity index (χ0n) is 8.55. The van der Waals surface area contributed by atoms with Gasteiger partial charge in [0.25, 0.3) is 0 Å². The standard InChI is InChI=1S/C10H22O2/c1-4-5-9(2)8-10(11)6-7-12-3/h9-11H,4-8H2,1-3H3. The Morgan fingerprint density at radius 2 is 2.00 bits per heavy atom. The second kappa shape index (κ2) is 7.56. The van der Waals surface area contributed by atoms with E-state index in [0.29, 0.717) is 12.5 Å². The molecule has 0 spiro atoms. The van der Waals surface area contributed by atoms with Crippen molar-refractivity contribution in [3.8, 4) is 0 Å². The molecule has 0 aliphatic heterocycles. The van der Waals surface area contributed by atoms with Crippen LogP contribution in [0, 0.1) is 5.92 Å². The highest BCUT2D eigenvalue weighted by Crippen LogP contribution is 2.13. The summed E-state index contributed by atoms with van der Waals surface area (Å²) in [5.74, 6) is 0.641. The van der Waals surface area contributed by atoms with Gasteiger partial charge in [-0.05, 0) is 18.8 Å². The first kappa shape index (κ1) is 11.9. The molecule has 0 aliphatic carbocycles. The van der Waals surface area contributed by atoms with Crippen molar-refractivity contribution in [1.82, 2.24) is 0 Å². The van der Waals surface area contributed by atoms with Crippen LogP contribution >= 0.6 is 0 Å². The van der Waals surface area contributed by atoms with Crippen molar-refractivity contribution in [3.05, 3.63) is 0 Å². The Bertz CT molecular complexity index is 93.8. The van der Waals surface area contributed by atoms with Crippen LogP contribution in [0.25, 0.3) is 0 Å². The van der Waals surface area contributed by atoms with Crippen LogP contribution in [0.4, 0.5) is 0 Å². The van der Waals surface area contributed by atoms with Gasteiger partial charge in [-0.25, -0.2) is 0 Å². The molecule has 12 heavy (non-hydrogen) atoms. The molecule has 74 valence electrons. The highest BCUT2D eigenvalue weighted by Gasteiger charge is 2.08. The van der Waals surface area contributed by atoms with Crippen molar-refractivity contribution < 1.29 is 9.84 Å². The highest BCUT2D eigenvalue weighted by molar-refractivity contribution is 4.60. The Labute approximate surface area is 75.9 Å². The summed E-state index contributed by atoms with van der Waals surface area (Å²) in [7, 11) is 1.67. The molecule has 1 N–H and O–H groups in total. The fourth-order valence-corrected chi connectivity index (χ4v) is 1.45. The van der Waals surface area contributed by atoms with Crippen LogP contribution in [0.5, 0.6) is 0 Å². The first-order valence-corrected chi connectivity index (χ1v) is 4.87. The lowest BCUT2D eigenvalue weighted by Gasteiger charge is -2.14. The summed E-state index contributed by atoms with van der Waals surface area (Å²) < 4.78 is 4.89. The van der Waals surface area contributed by atoms with Gasteiger partial charge in [0.05, 0.1) is 6.10 Å². The summed E-state index contributed by atoms with van der Waals surface area (Å²) in [6.45, 7) is 5.04. The third-order valence-corrected chi connectivity index (χ3v) is 2.11. The zero-order chi connectivity index (χ0) is 9.40. The van der Waals surface area contributed by atoms with Gasteiger partial charge in [0.2, 0.25) is 0 Å². The Kier molecular flexibility index (Phi) is 7.51. The molecule has 0 aromatic heterocycles. The summed E-state index contributed by atoms with van der Waals surface area (Å²) >= 11 is 0. The molecule has 0 fully saturated rings. The van der Waals surface area contributed by atoms with Gasteiger partial charge in [-0.3, -0.25) is 0 Å². The van der Waals surface area contributed by atoms with Gasteiger partial charge < -0.3 is 9.84 Å². The normalized spacial score (nSPS) is 16.0.